The van der Waals surface area contributed by atoms with E-state index in [2.05, 4.69) is 20.5 Å². The Labute approximate surface area is 230 Å². The first-order chi connectivity index (χ1) is 19.1. The van der Waals surface area contributed by atoms with Crippen LogP contribution < -0.4 is 10.9 Å². The van der Waals surface area contributed by atoms with Crippen molar-refractivity contribution in [1.29, 1.82) is 0 Å². The number of nitrogens with one attached hydrogen (secondary N) is 1. The Balaban J connectivity index is 1.41. The lowest BCUT2D eigenvalue weighted by molar-refractivity contribution is -0.119. The molecule has 0 saturated heterocycles. The molecule has 40 heavy (non-hydrogen) atoms. The van der Waals surface area contributed by atoms with Crippen molar-refractivity contribution in [2.24, 2.45) is 12.0 Å². The van der Waals surface area contributed by atoms with E-state index in [4.69, 9.17) is 4.98 Å². The largest absolute Gasteiger partial charge is 0.342 e. The van der Waals surface area contributed by atoms with Gasteiger partial charge in [0.1, 0.15) is 22.6 Å². The molecule has 2 atom stereocenters. The summed E-state index contributed by atoms with van der Waals surface area (Å²) in [5.74, 6) is -0.547. The van der Waals surface area contributed by atoms with E-state index in [1.54, 1.807) is 36.2 Å². The molecule has 0 spiro atoms. The van der Waals surface area contributed by atoms with Gasteiger partial charge in [0.25, 0.3) is 5.56 Å². The van der Waals surface area contributed by atoms with Gasteiger partial charge in [-0.3, -0.25) is 24.2 Å². The Morgan fingerprint density at radius 3 is 2.58 bits per heavy atom. The fourth-order valence-corrected chi connectivity index (χ4v) is 6.17. The lowest BCUT2D eigenvalue weighted by Gasteiger charge is -2.14. The van der Waals surface area contributed by atoms with Crippen molar-refractivity contribution in [3.8, 4) is 0 Å². The van der Waals surface area contributed by atoms with Gasteiger partial charge < -0.3 is 9.88 Å². The molecule has 1 aliphatic rings. The number of Topliss-reactive ketones (excluding diaryl/α,β-unsaturated/α-hetero) is 1. The van der Waals surface area contributed by atoms with Crippen LogP contribution >= 0.6 is 11.3 Å². The van der Waals surface area contributed by atoms with E-state index in [-0.39, 0.29) is 29.7 Å². The van der Waals surface area contributed by atoms with E-state index in [9.17, 15) is 19.2 Å². The molecule has 13 heteroatoms. The number of hydrogen-bond acceptors (Lipinski definition) is 9. The minimum Gasteiger partial charge on any atom is -0.342 e. The lowest BCUT2D eigenvalue weighted by atomic mass is 10.1. The molecule has 5 heterocycles. The summed E-state index contributed by atoms with van der Waals surface area (Å²) in [5.41, 5.74) is 2.77. The topological polar surface area (TPSA) is 146 Å². The average Bonchev–Trinajstić information content (AvgIpc) is 3.69. The number of thiazole rings is 1. The fraction of sp³-hybridized carbons (Fsp3) is 0.259. The highest BCUT2D eigenvalue weighted by atomic mass is 32.1. The predicted molar refractivity (Wildman–Crippen MR) is 151 cm³/mol. The van der Waals surface area contributed by atoms with E-state index in [1.807, 2.05) is 18.2 Å². The van der Waals surface area contributed by atoms with E-state index in [0.717, 1.165) is 15.6 Å². The average molecular weight is 557 g/mol. The molecule has 202 valence electrons. The number of benzene rings is 1. The normalized spacial score (nSPS) is 15.7. The third-order valence-corrected chi connectivity index (χ3v) is 8.05. The molecule has 6 rings (SSSR count). The quantitative estimate of drug-likeness (QED) is 0.338. The summed E-state index contributed by atoms with van der Waals surface area (Å²) in [4.78, 5) is 58.6. The molecule has 1 aromatic carbocycles. The van der Waals surface area contributed by atoms with Gasteiger partial charge in [-0.25, -0.2) is 14.3 Å². The standard InChI is InChI=1S/C27H24N8O4S/c1-13(36)19-8-9-20(31-19)22(30-14(2)37)26-32-25-24(40-26)18-11-28-34(27(39)23(18)33(25)4)12-16-6-5-7-21-17(16)10-29-35(21)15(3)38/h5-11,19,22H,12H2,1-4H3,(H,30,37). The molecule has 0 aliphatic carbocycles. The van der Waals surface area contributed by atoms with Crippen LogP contribution in [0.1, 0.15) is 42.2 Å². The minimum atomic E-state index is -0.629. The minimum absolute atomic E-state index is 0.0885. The number of nitrogens with zero attached hydrogens (tertiary/aromatic N) is 7. The van der Waals surface area contributed by atoms with Crippen molar-refractivity contribution in [3.05, 3.63) is 63.7 Å². The lowest BCUT2D eigenvalue weighted by Crippen LogP contribution is -2.31. The third-order valence-electron chi connectivity index (χ3n) is 6.91. The molecule has 0 bridgehead atoms. The van der Waals surface area contributed by atoms with E-state index in [1.165, 1.54) is 41.5 Å². The summed E-state index contributed by atoms with van der Waals surface area (Å²) >= 11 is 1.34. The van der Waals surface area contributed by atoms with Crippen LogP contribution in [-0.2, 0) is 23.2 Å². The number of carbonyl (C=O) groups is 3. The molecular formula is C27H24N8O4S. The first-order valence-electron chi connectivity index (χ1n) is 12.5. The fourth-order valence-electron chi connectivity index (χ4n) is 5.00. The van der Waals surface area contributed by atoms with Crippen molar-refractivity contribution >= 4 is 66.8 Å². The van der Waals surface area contributed by atoms with Crippen LogP contribution in [0.15, 0.2) is 52.5 Å². The maximum Gasteiger partial charge on any atom is 0.291 e. The van der Waals surface area contributed by atoms with Gasteiger partial charge in [0.05, 0.1) is 34.9 Å². The van der Waals surface area contributed by atoms with Crippen molar-refractivity contribution in [1.82, 2.24) is 34.4 Å². The van der Waals surface area contributed by atoms with Crippen LogP contribution in [0.5, 0.6) is 0 Å². The molecule has 2 unspecified atom stereocenters. The van der Waals surface area contributed by atoms with Gasteiger partial charge in [-0.1, -0.05) is 18.2 Å². The zero-order chi connectivity index (χ0) is 28.3. The van der Waals surface area contributed by atoms with Gasteiger partial charge in [0, 0.05) is 31.7 Å². The smallest absolute Gasteiger partial charge is 0.291 e. The van der Waals surface area contributed by atoms with Gasteiger partial charge >= 0.3 is 0 Å². The second-order valence-electron chi connectivity index (χ2n) is 9.66. The Morgan fingerprint density at radius 1 is 1.10 bits per heavy atom. The van der Waals surface area contributed by atoms with Gasteiger partial charge in [0.15, 0.2) is 11.4 Å². The summed E-state index contributed by atoms with van der Waals surface area (Å²) < 4.78 is 5.20. The first-order valence-corrected chi connectivity index (χ1v) is 13.3. The zero-order valence-electron chi connectivity index (χ0n) is 22.1. The molecule has 12 nitrogen and oxygen atoms in total. The molecule has 1 N–H and O–H groups in total. The molecule has 0 saturated carbocycles. The number of ketones is 1. The van der Waals surface area contributed by atoms with Crippen LogP contribution in [0.2, 0.25) is 0 Å². The Kier molecular flexibility index (Phi) is 6.02. The molecule has 4 aromatic heterocycles. The number of aliphatic imine (C=N–C) groups is 1. The van der Waals surface area contributed by atoms with Crippen molar-refractivity contribution in [3.63, 3.8) is 0 Å². The van der Waals surface area contributed by atoms with Crippen LogP contribution in [0.4, 0.5) is 0 Å². The summed E-state index contributed by atoms with van der Waals surface area (Å²) in [7, 11) is 1.77. The highest BCUT2D eigenvalue weighted by molar-refractivity contribution is 7.19. The Morgan fingerprint density at radius 2 is 1.88 bits per heavy atom. The van der Waals surface area contributed by atoms with Crippen molar-refractivity contribution in [2.75, 3.05) is 0 Å². The molecular weight excluding hydrogens is 532 g/mol. The molecule has 1 aliphatic heterocycles. The van der Waals surface area contributed by atoms with Gasteiger partial charge in [0.2, 0.25) is 11.8 Å². The number of aryl methyl sites for hydroxylation is 1. The number of aromatic nitrogens is 6. The second kappa shape index (κ2) is 9.45. The highest BCUT2D eigenvalue weighted by Gasteiger charge is 2.28. The monoisotopic (exact) mass is 556 g/mol. The molecule has 5 aromatic rings. The molecule has 0 radical (unpaired) electrons. The van der Waals surface area contributed by atoms with E-state index < -0.39 is 12.1 Å². The Hall–Kier alpha value is -4.78. The van der Waals surface area contributed by atoms with Crippen molar-refractivity contribution in [2.45, 2.75) is 39.4 Å². The maximum atomic E-state index is 13.6. The maximum absolute atomic E-state index is 13.6. The summed E-state index contributed by atoms with van der Waals surface area (Å²) in [5, 5.41) is 13.5. The summed E-state index contributed by atoms with van der Waals surface area (Å²) in [6.07, 6.45) is 6.70. The zero-order valence-corrected chi connectivity index (χ0v) is 22.9. The van der Waals surface area contributed by atoms with Crippen LogP contribution in [0, 0.1) is 0 Å². The number of amides is 1. The number of carbonyl (C=O) groups excluding carboxylic acids is 3. The number of rotatable bonds is 6. The first kappa shape index (κ1) is 25.5. The van der Waals surface area contributed by atoms with Gasteiger partial charge in [-0.2, -0.15) is 10.2 Å². The van der Waals surface area contributed by atoms with E-state index in [0.29, 0.717) is 32.8 Å². The second-order valence-corrected chi connectivity index (χ2v) is 10.7. The van der Waals surface area contributed by atoms with Crippen LogP contribution in [-0.4, -0.2) is 58.5 Å². The number of hydrogen-bond donors (Lipinski definition) is 1. The SMILES string of the molecule is CC(=O)NC(C1=NC(C(C)=O)C=C1)c1nc2c(s1)c1cnn(Cc3cccc4c3cnn4C(C)=O)c(=O)c1n2C. The van der Waals surface area contributed by atoms with E-state index >= 15 is 0 Å². The number of fused-ring (bicyclic) bond motifs is 4. The molecule has 1 amide bonds. The third kappa shape index (κ3) is 4.06. The van der Waals surface area contributed by atoms with Crippen molar-refractivity contribution < 1.29 is 14.4 Å². The summed E-state index contributed by atoms with van der Waals surface area (Å²) in [6, 6.07) is 4.30. The van der Waals surface area contributed by atoms with Crippen LogP contribution in [0.3, 0.4) is 0 Å². The van der Waals surface area contributed by atoms with Gasteiger partial charge in [-0.15, -0.1) is 11.3 Å². The predicted octanol–water partition coefficient (Wildman–Crippen LogP) is 2.55. The molecule has 0 fully saturated rings. The highest BCUT2D eigenvalue weighted by Crippen LogP contribution is 2.34. The Bertz CT molecular complexity index is 2010. The van der Waals surface area contributed by atoms with Crippen LogP contribution in [0.25, 0.3) is 32.2 Å². The van der Waals surface area contributed by atoms with Gasteiger partial charge in [-0.05, 0) is 24.6 Å². The summed E-state index contributed by atoms with van der Waals surface area (Å²) in [6.45, 7) is 4.52.